The van der Waals surface area contributed by atoms with Gasteiger partial charge in [-0.05, 0) is 50.1 Å². The lowest BCUT2D eigenvalue weighted by molar-refractivity contribution is -0.139. The lowest BCUT2D eigenvalue weighted by atomic mass is 10.1. The van der Waals surface area contributed by atoms with Gasteiger partial charge in [0.15, 0.2) is 11.5 Å². The van der Waals surface area contributed by atoms with Gasteiger partial charge >= 0.3 is 0 Å². The summed E-state index contributed by atoms with van der Waals surface area (Å²) in [5.41, 5.74) is 0.896. The molecular weight excluding hydrogens is 529 g/mol. The summed E-state index contributed by atoms with van der Waals surface area (Å²) in [7, 11) is -3.85. The fourth-order valence-electron chi connectivity index (χ4n) is 3.57. The summed E-state index contributed by atoms with van der Waals surface area (Å²) in [5.74, 6) is -0.264. The smallest absolute Gasteiger partial charge is 0.244 e. The van der Waals surface area contributed by atoms with Crippen LogP contribution < -0.4 is 19.1 Å². The molecule has 1 unspecified atom stereocenters. The molecule has 0 aromatic heterocycles. The molecule has 36 heavy (non-hydrogen) atoms. The van der Waals surface area contributed by atoms with Crippen LogP contribution in [0, 0.1) is 0 Å². The standard InChI is InChI=1S/C24H29Cl2N3O6S/c1-4-10-27-24(31)16(3)28(13-17-6-8-19(25)20(26)11-17)23(30)14-29(36(32,33)5-2)18-7-9-21-22(12-18)35-15-34-21/h6-9,11-12,16H,4-5,10,13-15H2,1-3H3,(H,27,31). The van der Waals surface area contributed by atoms with Gasteiger partial charge in [0, 0.05) is 19.2 Å². The van der Waals surface area contributed by atoms with Crippen LogP contribution in [0.1, 0.15) is 32.8 Å². The number of rotatable bonds is 11. The Hall–Kier alpha value is -2.69. The van der Waals surface area contributed by atoms with Crippen LogP contribution in [0.25, 0.3) is 0 Å². The number of anilines is 1. The van der Waals surface area contributed by atoms with E-state index >= 15 is 0 Å². The van der Waals surface area contributed by atoms with Gasteiger partial charge in [-0.25, -0.2) is 8.42 Å². The van der Waals surface area contributed by atoms with E-state index in [1.807, 2.05) is 6.92 Å². The first-order valence-electron chi connectivity index (χ1n) is 11.5. The Morgan fingerprint density at radius 1 is 1.06 bits per heavy atom. The highest BCUT2D eigenvalue weighted by molar-refractivity contribution is 7.92. The van der Waals surface area contributed by atoms with Crippen LogP contribution in [0.4, 0.5) is 5.69 Å². The first kappa shape index (κ1) is 27.9. The molecule has 196 valence electrons. The zero-order chi connectivity index (χ0) is 26.5. The molecule has 1 aliphatic rings. The minimum absolute atomic E-state index is 0.0254. The minimum Gasteiger partial charge on any atom is -0.454 e. The third-order valence-electron chi connectivity index (χ3n) is 5.68. The number of amides is 2. The molecule has 1 atom stereocenters. The quantitative estimate of drug-likeness (QED) is 0.450. The molecule has 1 heterocycles. The van der Waals surface area contributed by atoms with Crippen molar-refractivity contribution in [2.24, 2.45) is 0 Å². The summed E-state index contributed by atoms with van der Waals surface area (Å²) in [5, 5.41) is 3.45. The molecule has 9 nitrogen and oxygen atoms in total. The summed E-state index contributed by atoms with van der Waals surface area (Å²) in [6, 6.07) is 8.70. The van der Waals surface area contributed by atoms with E-state index in [1.165, 1.54) is 17.9 Å². The second-order valence-electron chi connectivity index (χ2n) is 8.18. The van der Waals surface area contributed by atoms with Gasteiger partial charge in [-0.15, -0.1) is 0 Å². The number of benzene rings is 2. The predicted molar refractivity (Wildman–Crippen MR) is 139 cm³/mol. The van der Waals surface area contributed by atoms with E-state index in [2.05, 4.69) is 5.32 Å². The third-order valence-corrected chi connectivity index (χ3v) is 8.16. The number of carbonyl (C=O) groups is 2. The maximum Gasteiger partial charge on any atom is 0.244 e. The van der Waals surface area contributed by atoms with Crippen LogP contribution in [0.15, 0.2) is 36.4 Å². The molecule has 0 saturated heterocycles. The van der Waals surface area contributed by atoms with E-state index in [-0.39, 0.29) is 30.7 Å². The van der Waals surface area contributed by atoms with Gasteiger partial charge in [0.05, 0.1) is 21.5 Å². The number of hydrogen-bond acceptors (Lipinski definition) is 6. The number of halogens is 2. The second-order valence-corrected chi connectivity index (χ2v) is 11.2. The Bertz CT molecular complexity index is 1220. The fraction of sp³-hybridized carbons (Fsp3) is 0.417. The van der Waals surface area contributed by atoms with Gasteiger partial charge in [0.25, 0.3) is 0 Å². The second kappa shape index (κ2) is 12.0. The van der Waals surface area contributed by atoms with E-state index in [0.717, 1.165) is 10.7 Å². The summed E-state index contributed by atoms with van der Waals surface area (Å²) in [6.07, 6.45) is 0.728. The molecule has 0 saturated carbocycles. The molecule has 2 aromatic rings. The summed E-state index contributed by atoms with van der Waals surface area (Å²) in [6.45, 7) is 5.00. The van der Waals surface area contributed by atoms with E-state index in [0.29, 0.717) is 33.7 Å². The lowest BCUT2D eigenvalue weighted by Gasteiger charge is -2.32. The van der Waals surface area contributed by atoms with Crippen molar-refractivity contribution in [3.63, 3.8) is 0 Å². The van der Waals surface area contributed by atoms with Crippen molar-refractivity contribution < 1.29 is 27.5 Å². The van der Waals surface area contributed by atoms with Gasteiger partial charge in [-0.3, -0.25) is 13.9 Å². The van der Waals surface area contributed by atoms with Crippen molar-refractivity contribution in [3.8, 4) is 11.5 Å². The number of sulfonamides is 1. The Labute approximate surface area is 221 Å². The number of carbonyl (C=O) groups excluding carboxylic acids is 2. The summed E-state index contributed by atoms with van der Waals surface area (Å²) < 4.78 is 37.7. The fourth-order valence-corrected chi connectivity index (χ4v) is 4.95. The summed E-state index contributed by atoms with van der Waals surface area (Å²) in [4.78, 5) is 27.7. The van der Waals surface area contributed by atoms with Crippen molar-refractivity contribution in [1.29, 1.82) is 0 Å². The lowest BCUT2D eigenvalue weighted by Crippen LogP contribution is -2.51. The van der Waals surface area contributed by atoms with Gasteiger partial charge in [-0.1, -0.05) is 36.2 Å². The molecule has 0 spiro atoms. The monoisotopic (exact) mass is 557 g/mol. The summed E-state index contributed by atoms with van der Waals surface area (Å²) >= 11 is 12.2. The first-order valence-corrected chi connectivity index (χ1v) is 13.8. The van der Waals surface area contributed by atoms with E-state index in [9.17, 15) is 18.0 Å². The first-order chi connectivity index (χ1) is 17.1. The number of fused-ring (bicyclic) bond motifs is 1. The molecular formula is C24H29Cl2N3O6S. The molecule has 2 aromatic carbocycles. The van der Waals surface area contributed by atoms with Crippen LogP contribution in [0.3, 0.4) is 0 Å². The molecule has 0 aliphatic carbocycles. The Kier molecular flexibility index (Phi) is 9.32. The highest BCUT2D eigenvalue weighted by atomic mass is 35.5. The maximum absolute atomic E-state index is 13.6. The average molecular weight is 558 g/mol. The zero-order valence-corrected chi connectivity index (χ0v) is 22.6. The van der Waals surface area contributed by atoms with Crippen molar-refractivity contribution in [2.45, 2.75) is 39.8 Å². The van der Waals surface area contributed by atoms with Gasteiger partial charge < -0.3 is 19.7 Å². The van der Waals surface area contributed by atoms with Gasteiger partial charge in [0.2, 0.25) is 28.6 Å². The largest absolute Gasteiger partial charge is 0.454 e. The molecule has 3 rings (SSSR count). The Morgan fingerprint density at radius 3 is 2.44 bits per heavy atom. The van der Waals surface area contributed by atoms with Gasteiger partial charge in [0.1, 0.15) is 12.6 Å². The number of ether oxygens (including phenoxy) is 2. The molecule has 1 N–H and O–H groups in total. The van der Waals surface area contributed by atoms with Crippen molar-refractivity contribution in [1.82, 2.24) is 10.2 Å². The molecule has 0 bridgehead atoms. The highest BCUT2D eigenvalue weighted by Gasteiger charge is 2.31. The van der Waals surface area contributed by atoms with Crippen LogP contribution in [0.2, 0.25) is 10.0 Å². The minimum atomic E-state index is -3.85. The van der Waals surface area contributed by atoms with Crippen molar-refractivity contribution in [2.75, 3.05) is 29.9 Å². The van der Waals surface area contributed by atoms with Crippen LogP contribution in [-0.4, -0.2) is 56.8 Å². The van der Waals surface area contributed by atoms with Crippen molar-refractivity contribution >= 4 is 50.7 Å². The van der Waals surface area contributed by atoms with Crippen LogP contribution in [0.5, 0.6) is 11.5 Å². The zero-order valence-electron chi connectivity index (χ0n) is 20.3. The van der Waals surface area contributed by atoms with E-state index in [1.54, 1.807) is 37.3 Å². The molecule has 1 aliphatic heterocycles. The number of nitrogens with one attached hydrogen (secondary N) is 1. The van der Waals surface area contributed by atoms with Crippen LogP contribution >= 0.6 is 23.2 Å². The molecule has 2 amide bonds. The normalized spacial score (nSPS) is 13.2. The predicted octanol–water partition coefficient (Wildman–Crippen LogP) is 3.82. The number of hydrogen-bond donors (Lipinski definition) is 1. The highest BCUT2D eigenvalue weighted by Crippen LogP contribution is 2.36. The molecule has 12 heteroatoms. The number of nitrogens with zero attached hydrogens (tertiary/aromatic N) is 2. The van der Waals surface area contributed by atoms with Crippen molar-refractivity contribution in [3.05, 3.63) is 52.0 Å². The van der Waals surface area contributed by atoms with Crippen LogP contribution in [-0.2, 0) is 26.2 Å². The topological polar surface area (TPSA) is 105 Å². The molecule has 0 radical (unpaired) electrons. The van der Waals surface area contributed by atoms with E-state index in [4.69, 9.17) is 32.7 Å². The Balaban J connectivity index is 1.94. The SMILES string of the molecule is CCCNC(=O)C(C)N(Cc1ccc(Cl)c(Cl)c1)C(=O)CN(c1ccc2c(c1)OCO2)S(=O)(=O)CC. The third kappa shape index (κ3) is 6.54. The van der Waals surface area contributed by atoms with E-state index < -0.39 is 28.5 Å². The maximum atomic E-state index is 13.6. The molecule has 0 fully saturated rings. The van der Waals surface area contributed by atoms with Gasteiger partial charge in [-0.2, -0.15) is 0 Å². The Morgan fingerprint density at radius 2 is 1.78 bits per heavy atom. The average Bonchev–Trinajstić information content (AvgIpc) is 3.33.